The highest BCUT2D eigenvalue weighted by Gasteiger charge is 2.41. The molecule has 0 bridgehead atoms. The SMILES string of the molecule is Cc1ccc(S(=O)(=O)N2CC(c3ccc(C(C)(C)C)cc3)CC2c2ccccc2)cc1. The molecule has 0 radical (unpaired) electrons. The Morgan fingerprint density at radius 2 is 1.42 bits per heavy atom. The molecule has 3 nitrogen and oxygen atoms in total. The maximum atomic E-state index is 13.6. The lowest BCUT2D eigenvalue weighted by molar-refractivity contribution is 0.396. The molecule has 4 rings (SSSR count). The number of rotatable bonds is 4. The van der Waals surface area contributed by atoms with Crippen LogP contribution >= 0.6 is 0 Å². The van der Waals surface area contributed by atoms with Gasteiger partial charge in [0.1, 0.15) is 0 Å². The first-order valence-electron chi connectivity index (χ1n) is 10.9. The molecule has 1 heterocycles. The van der Waals surface area contributed by atoms with Crippen molar-refractivity contribution in [3.8, 4) is 0 Å². The van der Waals surface area contributed by atoms with Crippen molar-refractivity contribution in [3.63, 3.8) is 0 Å². The summed E-state index contributed by atoms with van der Waals surface area (Å²) in [6.07, 6.45) is 0.782. The van der Waals surface area contributed by atoms with Crippen LogP contribution in [0.1, 0.15) is 61.4 Å². The molecule has 3 aromatic rings. The number of aryl methyl sites for hydroxylation is 1. The van der Waals surface area contributed by atoms with Gasteiger partial charge in [-0.3, -0.25) is 0 Å². The molecule has 0 spiro atoms. The molecule has 1 aliphatic heterocycles. The van der Waals surface area contributed by atoms with Gasteiger partial charge < -0.3 is 0 Å². The van der Waals surface area contributed by atoms with E-state index in [-0.39, 0.29) is 17.4 Å². The van der Waals surface area contributed by atoms with Crippen molar-refractivity contribution >= 4 is 10.0 Å². The van der Waals surface area contributed by atoms with Gasteiger partial charge >= 0.3 is 0 Å². The van der Waals surface area contributed by atoms with Crippen molar-refractivity contribution in [1.29, 1.82) is 0 Å². The largest absolute Gasteiger partial charge is 0.243 e. The molecule has 1 fully saturated rings. The van der Waals surface area contributed by atoms with Gasteiger partial charge in [-0.05, 0) is 53.5 Å². The fourth-order valence-electron chi connectivity index (χ4n) is 4.39. The minimum absolute atomic E-state index is 0.0988. The highest BCUT2D eigenvalue weighted by molar-refractivity contribution is 7.89. The Bertz CT molecular complexity index is 1130. The Hall–Kier alpha value is -2.43. The maximum absolute atomic E-state index is 13.6. The van der Waals surface area contributed by atoms with E-state index in [9.17, 15) is 8.42 Å². The normalized spacial score (nSPS) is 20.1. The molecule has 31 heavy (non-hydrogen) atoms. The Kier molecular flexibility index (Phi) is 5.80. The van der Waals surface area contributed by atoms with Crippen molar-refractivity contribution < 1.29 is 8.42 Å². The number of hydrogen-bond acceptors (Lipinski definition) is 2. The van der Waals surface area contributed by atoms with Crippen LogP contribution in [0.4, 0.5) is 0 Å². The number of hydrogen-bond donors (Lipinski definition) is 0. The van der Waals surface area contributed by atoms with Crippen molar-refractivity contribution in [2.75, 3.05) is 6.54 Å². The van der Waals surface area contributed by atoms with Crippen molar-refractivity contribution in [2.24, 2.45) is 0 Å². The Morgan fingerprint density at radius 1 is 0.806 bits per heavy atom. The van der Waals surface area contributed by atoms with E-state index < -0.39 is 10.0 Å². The fraction of sp³-hybridized carbons (Fsp3) is 0.333. The summed E-state index contributed by atoms with van der Waals surface area (Å²) in [7, 11) is -3.59. The molecule has 3 aromatic carbocycles. The second-order valence-electron chi connectivity index (χ2n) is 9.62. The van der Waals surface area contributed by atoms with E-state index in [0.717, 1.165) is 17.5 Å². The van der Waals surface area contributed by atoms with E-state index in [4.69, 9.17) is 0 Å². The van der Waals surface area contributed by atoms with Crippen LogP contribution in [0.25, 0.3) is 0 Å². The lowest BCUT2D eigenvalue weighted by Crippen LogP contribution is -2.31. The molecule has 0 saturated carbocycles. The molecule has 162 valence electrons. The molecule has 1 saturated heterocycles. The third-order valence-corrected chi connectivity index (χ3v) is 8.20. The Labute approximate surface area is 186 Å². The average molecular weight is 434 g/mol. The van der Waals surface area contributed by atoms with Gasteiger partial charge in [-0.2, -0.15) is 4.31 Å². The molecular weight excluding hydrogens is 402 g/mol. The van der Waals surface area contributed by atoms with Crippen molar-refractivity contribution in [1.82, 2.24) is 4.31 Å². The summed E-state index contributed by atoms with van der Waals surface area (Å²) in [6, 6.07) is 25.7. The lowest BCUT2D eigenvalue weighted by atomic mass is 9.85. The molecule has 2 atom stereocenters. The zero-order valence-electron chi connectivity index (χ0n) is 18.7. The summed E-state index contributed by atoms with van der Waals surface area (Å²) in [5.74, 6) is 0.166. The van der Waals surface area contributed by atoms with Crippen molar-refractivity contribution in [2.45, 2.75) is 56.4 Å². The van der Waals surface area contributed by atoms with Crippen LogP contribution in [-0.2, 0) is 15.4 Å². The molecule has 1 aliphatic rings. The maximum Gasteiger partial charge on any atom is 0.243 e. The first kappa shape index (κ1) is 21.8. The summed E-state index contributed by atoms with van der Waals surface area (Å²) < 4.78 is 28.9. The number of nitrogens with zero attached hydrogens (tertiary/aromatic N) is 1. The van der Waals surface area contributed by atoms with Crippen LogP contribution in [0.2, 0.25) is 0 Å². The number of benzene rings is 3. The second-order valence-corrected chi connectivity index (χ2v) is 11.5. The Morgan fingerprint density at radius 3 is 2.00 bits per heavy atom. The minimum Gasteiger partial charge on any atom is -0.207 e. The fourth-order valence-corrected chi connectivity index (χ4v) is 6.06. The summed E-state index contributed by atoms with van der Waals surface area (Å²) in [5.41, 5.74) is 4.69. The van der Waals surface area contributed by atoms with Crippen LogP contribution in [0.15, 0.2) is 83.8 Å². The zero-order chi connectivity index (χ0) is 22.2. The van der Waals surface area contributed by atoms with E-state index in [1.165, 1.54) is 11.1 Å². The van der Waals surface area contributed by atoms with E-state index in [1.54, 1.807) is 16.4 Å². The highest BCUT2D eigenvalue weighted by Crippen LogP contribution is 2.43. The first-order valence-corrected chi connectivity index (χ1v) is 12.3. The molecule has 0 amide bonds. The summed E-state index contributed by atoms with van der Waals surface area (Å²) in [6.45, 7) is 9.08. The molecule has 2 unspecified atom stereocenters. The lowest BCUT2D eigenvalue weighted by Gasteiger charge is -2.24. The van der Waals surface area contributed by atoms with Crippen LogP contribution < -0.4 is 0 Å². The third kappa shape index (κ3) is 4.46. The van der Waals surface area contributed by atoms with Gasteiger partial charge in [0.25, 0.3) is 0 Å². The molecule has 4 heteroatoms. The summed E-state index contributed by atoms with van der Waals surface area (Å²) in [4.78, 5) is 0.364. The van der Waals surface area contributed by atoms with Gasteiger partial charge in [0, 0.05) is 6.54 Å². The first-order chi connectivity index (χ1) is 14.7. The van der Waals surface area contributed by atoms with E-state index in [0.29, 0.717) is 11.4 Å². The predicted octanol–water partition coefficient (Wildman–Crippen LogP) is 6.21. The van der Waals surface area contributed by atoms with E-state index >= 15 is 0 Å². The zero-order valence-corrected chi connectivity index (χ0v) is 19.6. The van der Waals surface area contributed by atoms with Crippen LogP contribution in [0, 0.1) is 6.92 Å². The van der Waals surface area contributed by atoms with E-state index in [1.807, 2.05) is 49.4 Å². The highest BCUT2D eigenvalue weighted by atomic mass is 32.2. The Balaban J connectivity index is 1.70. The van der Waals surface area contributed by atoms with Crippen LogP contribution in [0.3, 0.4) is 0 Å². The molecule has 0 aromatic heterocycles. The third-order valence-electron chi connectivity index (χ3n) is 6.32. The smallest absolute Gasteiger partial charge is 0.207 e. The monoisotopic (exact) mass is 433 g/mol. The quantitative estimate of drug-likeness (QED) is 0.490. The standard InChI is InChI=1S/C27H31NO2S/c1-20-10-16-25(17-11-20)31(29,30)28-19-23(18-26(28)22-8-6-5-7-9-22)21-12-14-24(15-13-21)27(2,3)4/h5-17,23,26H,18-19H2,1-4H3. The van der Waals surface area contributed by atoms with Gasteiger partial charge in [0.05, 0.1) is 10.9 Å². The second kappa shape index (κ2) is 8.25. The van der Waals surface area contributed by atoms with Crippen molar-refractivity contribution in [3.05, 3.63) is 101 Å². The average Bonchev–Trinajstić information content (AvgIpc) is 3.21. The van der Waals surface area contributed by atoms with Crippen LogP contribution in [-0.4, -0.2) is 19.3 Å². The number of sulfonamides is 1. The van der Waals surface area contributed by atoms with Gasteiger partial charge in [-0.1, -0.05) is 93.1 Å². The molecule has 0 aliphatic carbocycles. The van der Waals surface area contributed by atoms with E-state index in [2.05, 4.69) is 45.0 Å². The summed E-state index contributed by atoms with van der Waals surface area (Å²) in [5, 5.41) is 0. The van der Waals surface area contributed by atoms with Gasteiger partial charge in [0.2, 0.25) is 10.0 Å². The molecular formula is C27H31NO2S. The summed E-state index contributed by atoms with van der Waals surface area (Å²) >= 11 is 0. The topological polar surface area (TPSA) is 37.4 Å². The van der Waals surface area contributed by atoms with Gasteiger partial charge in [-0.15, -0.1) is 0 Å². The van der Waals surface area contributed by atoms with Crippen LogP contribution in [0.5, 0.6) is 0 Å². The molecule has 0 N–H and O–H groups in total. The van der Waals surface area contributed by atoms with Gasteiger partial charge in [0.15, 0.2) is 0 Å². The van der Waals surface area contributed by atoms with Gasteiger partial charge in [-0.25, -0.2) is 8.42 Å². The minimum atomic E-state index is -3.59. The predicted molar refractivity (Wildman–Crippen MR) is 127 cm³/mol.